The van der Waals surface area contributed by atoms with Gasteiger partial charge in [-0.3, -0.25) is 9.35 Å². The number of nitrogens with one attached hydrogen (secondary N) is 1. The fraction of sp³-hybridized carbons (Fsp3) is 0.417. The van der Waals surface area contributed by atoms with Crippen LogP contribution in [-0.2, 0) is 10.1 Å². The minimum atomic E-state index is -3.67. The van der Waals surface area contributed by atoms with Gasteiger partial charge in [0.2, 0.25) is 5.43 Å². The Hall–Kier alpha value is -1.44. The molecule has 1 aromatic carbocycles. The van der Waals surface area contributed by atoms with Gasteiger partial charge in [-0.05, 0) is 12.1 Å². The molecule has 0 unspecified atom stereocenters. The average molecular weight is 286 g/mol. The van der Waals surface area contributed by atoms with Crippen LogP contribution in [0.4, 0.5) is 5.69 Å². The fourth-order valence-corrected chi connectivity index (χ4v) is 1.69. The number of hydrogen-bond donors (Lipinski definition) is 2. The highest BCUT2D eigenvalue weighted by molar-refractivity contribution is 7.85. The molecule has 0 radical (unpaired) electrons. The van der Waals surface area contributed by atoms with E-state index in [4.69, 9.17) is 4.55 Å². The van der Waals surface area contributed by atoms with Crippen molar-refractivity contribution in [3.8, 4) is 0 Å². The molecule has 0 amide bonds. The summed E-state index contributed by atoms with van der Waals surface area (Å²) in [7, 11) is -3.67. The van der Waals surface area contributed by atoms with E-state index in [9.17, 15) is 13.2 Å². The van der Waals surface area contributed by atoms with E-state index in [1.54, 1.807) is 12.1 Å². The van der Waals surface area contributed by atoms with Gasteiger partial charge in [0.25, 0.3) is 10.1 Å². The van der Waals surface area contributed by atoms with Gasteiger partial charge in [0.1, 0.15) is 0 Å². The van der Waals surface area contributed by atoms with Gasteiger partial charge in [-0.15, -0.1) is 0 Å². The Morgan fingerprint density at radius 3 is 2.26 bits per heavy atom. The van der Waals surface area contributed by atoms with E-state index in [1.165, 1.54) is 0 Å². The molecule has 1 fully saturated rings. The van der Waals surface area contributed by atoms with Crippen molar-refractivity contribution in [3.05, 3.63) is 40.6 Å². The molecule has 0 aliphatic carbocycles. The summed E-state index contributed by atoms with van der Waals surface area (Å²) in [5.74, 6) is 0. The van der Waals surface area contributed by atoms with Crippen molar-refractivity contribution in [1.29, 1.82) is 0 Å². The maximum Gasteiger partial charge on any atom is 0.261 e. The van der Waals surface area contributed by atoms with Crippen LogP contribution in [0.25, 0.3) is 0 Å². The number of hydrogen-bond acceptors (Lipinski definition) is 5. The van der Waals surface area contributed by atoms with Crippen LogP contribution in [0.15, 0.2) is 35.1 Å². The van der Waals surface area contributed by atoms with E-state index in [-0.39, 0.29) is 5.43 Å². The Balaban J connectivity index is 0.000000312. The maximum atomic E-state index is 11.7. The van der Waals surface area contributed by atoms with Crippen molar-refractivity contribution in [2.75, 3.05) is 37.3 Å². The summed E-state index contributed by atoms with van der Waals surface area (Å²) in [6.07, 6.45) is 0.715. The quantitative estimate of drug-likeness (QED) is 0.705. The molecule has 2 rings (SSSR count). The highest BCUT2D eigenvalue weighted by Crippen LogP contribution is 2.06. The molecule has 0 aromatic heterocycles. The molecule has 0 saturated carbocycles. The molecule has 1 aliphatic heterocycles. The average Bonchev–Trinajstić information content (AvgIpc) is 2.53. The van der Waals surface area contributed by atoms with Gasteiger partial charge in [0.05, 0.1) is 11.9 Å². The van der Waals surface area contributed by atoms with Crippen LogP contribution in [0.5, 0.6) is 0 Å². The molecular weight excluding hydrogens is 268 g/mol. The summed E-state index contributed by atoms with van der Waals surface area (Å²) in [6, 6.07) is 9.10. The Kier molecular flexibility index (Phi) is 5.94. The molecule has 1 saturated heterocycles. The second-order valence-corrected chi connectivity index (χ2v) is 5.60. The van der Waals surface area contributed by atoms with Crippen molar-refractivity contribution < 1.29 is 13.0 Å². The molecular formula is C12H18N2O4S. The van der Waals surface area contributed by atoms with Gasteiger partial charge >= 0.3 is 0 Å². The summed E-state index contributed by atoms with van der Waals surface area (Å²) >= 11 is 0. The van der Waals surface area contributed by atoms with Gasteiger partial charge in [-0.25, -0.2) is 0 Å². The second kappa shape index (κ2) is 7.22. The molecule has 7 heteroatoms. The van der Waals surface area contributed by atoms with E-state index < -0.39 is 10.1 Å². The molecule has 1 heterocycles. The van der Waals surface area contributed by atoms with Crippen molar-refractivity contribution in [3.63, 3.8) is 0 Å². The Labute approximate surface area is 112 Å². The van der Waals surface area contributed by atoms with E-state index in [0.717, 1.165) is 31.9 Å². The third-order valence-electron chi connectivity index (χ3n) is 2.43. The third-order valence-corrected chi connectivity index (χ3v) is 2.43. The monoisotopic (exact) mass is 286 g/mol. The molecule has 0 bridgehead atoms. The zero-order valence-corrected chi connectivity index (χ0v) is 11.6. The van der Waals surface area contributed by atoms with Crippen LogP contribution in [0, 0.1) is 0 Å². The van der Waals surface area contributed by atoms with Gasteiger partial charge in [0, 0.05) is 26.2 Å². The highest BCUT2D eigenvalue weighted by atomic mass is 32.2. The Morgan fingerprint density at radius 1 is 1.16 bits per heavy atom. The zero-order valence-electron chi connectivity index (χ0n) is 10.7. The fourth-order valence-electron chi connectivity index (χ4n) is 1.69. The Morgan fingerprint density at radius 2 is 1.68 bits per heavy atom. The molecule has 1 aliphatic rings. The van der Waals surface area contributed by atoms with Crippen molar-refractivity contribution in [2.45, 2.75) is 0 Å². The first kappa shape index (κ1) is 15.6. The minimum Gasteiger partial charge on any atom is -0.366 e. The standard InChI is InChI=1S/C11H14N2O.CH4O3S/c14-11-5-3-1-2-4-10(11)13-8-6-12-7-9-13;1-5(2,3)4/h1-5,12H,6-9H2;1H3,(H,2,3,4). The third kappa shape index (κ3) is 6.90. The molecule has 2 N–H and O–H groups in total. The molecule has 6 nitrogen and oxygen atoms in total. The van der Waals surface area contributed by atoms with Crippen LogP contribution >= 0.6 is 0 Å². The van der Waals surface area contributed by atoms with Crippen LogP contribution in [-0.4, -0.2) is 45.4 Å². The molecule has 0 atom stereocenters. The number of nitrogens with zero attached hydrogens (tertiary/aromatic N) is 1. The number of anilines is 1. The van der Waals surface area contributed by atoms with Crippen LogP contribution in [0.1, 0.15) is 0 Å². The summed E-state index contributed by atoms with van der Waals surface area (Å²) in [6.45, 7) is 3.74. The van der Waals surface area contributed by atoms with Crippen molar-refractivity contribution >= 4 is 15.8 Å². The smallest absolute Gasteiger partial charge is 0.261 e. The first-order valence-electron chi connectivity index (χ1n) is 5.85. The topological polar surface area (TPSA) is 86.7 Å². The normalized spacial score (nSPS) is 15.4. The first-order valence-corrected chi connectivity index (χ1v) is 7.70. The number of piperazine rings is 1. The molecule has 19 heavy (non-hydrogen) atoms. The summed E-state index contributed by atoms with van der Waals surface area (Å²) in [5, 5.41) is 3.27. The summed E-state index contributed by atoms with van der Waals surface area (Å²) < 4.78 is 25.9. The van der Waals surface area contributed by atoms with Gasteiger partial charge < -0.3 is 10.2 Å². The summed E-state index contributed by atoms with van der Waals surface area (Å²) in [5.41, 5.74) is 0.924. The van der Waals surface area contributed by atoms with Crippen LogP contribution in [0.2, 0.25) is 0 Å². The molecule has 0 spiro atoms. The second-order valence-electron chi connectivity index (χ2n) is 4.13. The van der Waals surface area contributed by atoms with E-state index in [2.05, 4.69) is 10.2 Å². The van der Waals surface area contributed by atoms with E-state index in [0.29, 0.717) is 6.26 Å². The van der Waals surface area contributed by atoms with Gasteiger partial charge in [-0.2, -0.15) is 8.42 Å². The zero-order chi connectivity index (χ0) is 14.3. The van der Waals surface area contributed by atoms with E-state index >= 15 is 0 Å². The molecule has 1 aromatic rings. The van der Waals surface area contributed by atoms with Gasteiger partial charge in [-0.1, -0.05) is 18.2 Å². The Bertz CT molecular complexity index is 546. The number of rotatable bonds is 1. The van der Waals surface area contributed by atoms with Crippen LogP contribution < -0.4 is 15.6 Å². The predicted octanol–water partition coefficient (Wildman–Crippen LogP) is -0.0396. The lowest BCUT2D eigenvalue weighted by atomic mass is 10.3. The highest BCUT2D eigenvalue weighted by Gasteiger charge is 2.11. The lowest BCUT2D eigenvalue weighted by molar-refractivity contribution is 0.490. The lowest BCUT2D eigenvalue weighted by Gasteiger charge is -2.28. The first-order chi connectivity index (χ1) is 8.88. The van der Waals surface area contributed by atoms with Crippen molar-refractivity contribution in [1.82, 2.24) is 5.32 Å². The largest absolute Gasteiger partial charge is 0.366 e. The maximum absolute atomic E-state index is 11.7. The SMILES string of the molecule is CS(=O)(=O)O.O=c1cccccc1N1CCNCC1. The predicted molar refractivity (Wildman–Crippen MR) is 75.3 cm³/mol. The van der Waals surface area contributed by atoms with Crippen LogP contribution in [0.3, 0.4) is 0 Å². The summed E-state index contributed by atoms with van der Waals surface area (Å²) in [4.78, 5) is 13.8. The minimum absolute atomic E-state index is 0.108. The van der Waals surface area contributed by atoms with Gasteiger partial charge in [0.15, 0.2) is 0 Å². The molecule has 106 valence electrons. The van der Waals surface area contributed by atoms with Crippen molar-refractivity contribution in [2.24, 2.45) is 0 Å². The lowest BCUT2D eigenvalue weighted by Crippen LogP contribution is -2.44. The van der Waals surface area contributed by atoms with E-state index in [1.807, 2.05) is 18.2 Å².